The highest BCUT2D eigenvalue weighted by Crippen LogP contribution is 2.33. The minimum Gasteiger partial charge on any atom is -0.497 e. The van der Waals surface area contributed by atoms with E-state index in [-0.39, 0.29) is 24.3 Å². The minimum absolute atomic E-state index is 0.0663. The van der Waals surface area contributed by atoms with Crippen LogP contribution in [0.4, 0.5) is 5.69 Å². The second-order valence-electron chi connectivity index (χ2n) is 8.53. The third-order valence-electron chi connectivity index (χ3n) is 6.14. The summed E-state index contributed by atoms with van der Waals surface area (Å²) in [6.07, 6.45) is 1.73. The van der Waals surface area contributed by atoms with Gasteiger partial charge in [0.1, 0.15) is 18.0 Å². The fourth-order valence-electron chi connectivity index (χ4n) is 4.19. The van der Waals surface area contributed by atoms with Crippen molar-refractivity contribution >= 4 is 46.2 Å². The monoisotopic (exact) mass is 538 g/mol. The molecule has 2 aromatic carbocycles. The summed E-state index contributed by atoms with van der Waals surface area (Å²) in [6.45, 7) is 3.70. The molecule has 0 aliphatic carbocycles. The van der Waals surface area contributed by atoms with Crippen LogP contribution in [0.3, 0.4) is 0 Å². The van der Waals surface area contributed by atoms with Crippen LogP contribution in [-0.4, -0.2) is 60.2 Å². The van der Waals surface area contributed by atoms with E-state index < -0.39 is 0 Å². The Kier molecular flexibility index (Phi) is 9.08. The summed E-state index contributed by atoms with van der Waals surface area (Å²) in [4.78, 5) is 31.4. The Hall–Kier alpha value is -3.50. The fourth-order valence-corrected chi connectivity index (χ4v) is 5.42. The fraction of sp³-hybridized carbons (Fsp3) is 0.333. The van der Waals surface area contributed by atoms with E-state index in [1.807, 2.05) is 53.9 Å². The van der Waals surface area contributed by atoms with Gasteiger partial charge in [-0.2, -0.15) is 0 Å². The van der Waals surface area contributed by atoms with E-state index in [1.54, 1.807) is 14.0 Å². The summed E-state index contributed by atoms with van der Waals surface area (Å²) in [5.74, 6) is 0.343. The van der Waals surface area contributed by atoms with Crippen molar-refractivity contribution in [2.45, 2.75) is 25.7 Å². The molecule has 37 heavy (non-hydrogen) atoms. The van der Waals surface area contributed by atoms with Crippen LogP contribution in [0.5, 0.6) is 5.75 Å². The summed E-state index contributed by atoms with van der Waals surface area (Å²) in [5, 5.41) is 9.30. The maximum absolute atomic E-state index is 13.1. The molecule has 1 aliphatic rings. The molecule has 1 aliphatic heterocycles. The lowest BCUT2D eigenvalue weighted by Gasteiger charge is -2.33. The van der Waals surface area contributed by atoms with Gasteiger partial charge in [-0.1, -0.05) is 30.3 Å². The van der Waals surface area contributed by atoms with Gasteiger partial charge in [-0.05, 0) is 49.7 Å². The minimum atomic E-state index is -0.321. The Morgan fingerprint density at radius 3 is 2.62 bits per heavy atom. The number of amides is 1. The first kappa shape index (κ1) is 26.6. The maximum Gasteiger partial charge on any atom is 0.325 e. The number of benzene rings is 2. The van der Waals surface area contributed by atoms with Crippen molar-refractivity contribution in [1.82, 2.24) is 15.2 Å². The van der Waals surface area contributed by atoms with E-state index in [0.717, 1.165) is 42.1 Å². The highest BCUT2D eigenvalue weighted by molar-refractivity contribution is 7.80. The lowest BCUT2D eigenvalue weighted by atomic mass is 9.98. The van der Waals surface area contributed by atoms with Gasteiger partial charge in [0.15, 0.2) is 5.11 Å². The van der Waals surface area contributed by atoms with Crippen molar-refractivity contribution in [3.8, 4) is 16.9 Å². The van der Waals surface area contributed by atoms with Gasteiger partial charge in [-0.25, -0.2) is 4.98 Å². The summed E-state index contributed by atoms with van der Waals surface area (Å²) >= 11 is 6.94. The van der Waals surface area contributed by atoms with Crippen LogP contribution in [-0.2, 0) is 9.53 Å². The topological polar surface area (TPSA) is 92.8 Å². The Morgan fingerprint density at radius 1 is 1.16 bits per heavy atom. The molecule has 0 spiro atoms. The van der Waals surface area contributed by atoms with Gasteiger partial charge in [0.2, 0.25) is 0 Å². The van der Waals surface area contributed by atoms with Gasteiger partial charge >= 0.3 is 5.97 Å². The number of ether oxygens (including phenoxy) is 2. The number of hydrogen-bond donors (Lipinski definition) is 2. The van der Waals surface area contributed by atoms with Gasteiger partial charge in [0, 0.05) is 36.0 Å². The normalized spacial score (nSPS) is 13.6. The molecule has 3 aromatic rings. The van der Waals surface area contributed by atoms with Crippen LogP contribution < -0.4 is 15.4 Å². The lowest BCUT2D eigenvalue weighted by Crippen LogP contribution is -2.45. The Bertz CT molecular complexity index is 1240. The van der Waals surface area contributed by atoms with Crippen LogP contribution in [0.25, 0.3) is 11.1 Å². The number of thiazole rings is 1. The van der Waals surface area contributed by atoms with Crippen LogP contribution in [0.15, 0.2) is 53.9 Å². The molecule has 1 saturated heterocycles. The molecule has 10 heteroatoms. The Morgan fingerprint density at radius 2 is 1.92 bits per heavy atom. The third-order valence-corrected chi connectivity index (χ3v) is 7.54. The SMILES string of the molecule is CCOC(=O)CNC(=S)N1CCC(c2nc(C(=O)Nc3cc(OC)ccc3-c3ccccc3)cs2)CC1. The molecule has 1 amide bonds. The van der Waals surface area contributed by atoms with Crippen LogP contribution >= 0.6 is 23.6 Å². The smallest absolute Gasteiger partial charge is 0.325 e. The average molecular weight is 539 g/mol. The third kappa shape index (κ3) is 6.84. The number of aromatic nitrogens is 1. The van der Waals surface area contributed by atoms with E-state index in [9.17, 15) is 9.59 Å². The highest BCUT2D eigenvalue weighted by atomic mass is 32.1. The lowest BCUT2D eigenvalue weighted by molar-refractivity contribution is -0.141. The van der Waals surface area contributed by atoms with Crippen molar-refractivity contribution in [2.75, 3.05) is 38.7 Å². The second-order valence-corrected chi connectivity index (χ2v) is 9.80. The van der Waals surface area contributed by atoms with E-state index in [2.05, 4.69) is 20.5 Å². The number of methoxy groups -OCH3 is 1. The first-order valence-electron chi connectivity index (χ1n) is 12.2. The summed E-state index contributed by atoms with van der Waals surface area (Å²) in [7, 11) is 1.60. The first-order valence-corrected chi connectivity index (χ1v) is 13.5. The quantitative estimate of drug-likeness (QED) is 0.315. The zero-order valence-electron chi connectivity index (χ0n) is 20.9. The molecule has 0 radical (unpaired) electrons. The number of thiocarbonyl (C=S) groups is 1. The molecule has 0 saturated carbocycles. The highest BCUT2D eigenvalue weighted by Gasteiger charge is 2.25. The zero-order chi connectivity index (χ0) is 26.2. The molecule has 4 rings (SSSR count). The number of anilines is 1. The van der Waals surface area contributed by atoms with Crippen molar-refractivity contribution in [3.05, 3.63) is 64.6 Å². The number of carbonyl (C=O) groups is 2. The predicted molar refractivity (Wildman–Crippen MR) is 149 cm³/mol. The second kappa shape index (κ2) is 12.6. The van der Waals surface area contributed by atoms with Crippen LogP contribution in [0, 0.1) is 0 Å². The van der Waals surface area contributed by atoms with E-state index in [4.69, 9.17) is 21.7 Å². The molecular weight excluding hydrogens is 508 g/mol. The molecule has 1 fully saturated rings. The standard InChI is InChI=1S/C27H30N4O4S2/c1-3-35-24(32)16-28-27(36)31-13-11-19(12-14-31)26-30-23(17-37-26)25(33)29-22-15-20(34-2)9-10-21(22)18-7-5-4-6-8-18/h4-10,15,17,19H,3,11-14,16H2,1-2H3,(H,28,36)(H,29,33). The van der Waals surface area contributed by atoms with Gasteiger partial charge < -0.3 is 25.0 Å². The maximum atomic E-state index is 13.1. The summed E-state index contributed by atoms with van der Waals surface area (Å²) in [6, 6.07) is 15.5. The molecular formula is C27H30N4O4S2. The van der Waals surface area contributed by atoms with Crippen molar-refractivity contribution in [1.29, 1.82) is 0 Å². The molecule has 194 valence electrons. The first-order chi connectivity index (χ1) is 18.0. The number of likely N-dealkylation sites (tertiary alicyclic amines) is 1. The van der Waals surface area contributed by atoms with Gasteiger partial charge in [-0.3, -0.25) is 9.59 Å². The predicted octanol–water partition coefficient (Wildman–Crippen LogP) is 4.69. The zero-order valence-corrected chi connectivity index (χ0v) is 22.5. The van der Waals surface area contributed by atoms with E-state index in [1.165, 1.54) is 11.3 Å². The molecule has 8 nitrogen and oxygen atoms in total. The number of hydrogen-bond acceptors (Lipinski definition) is 7. The molecule has 1 aromatic heterocycles. The van der Waals surface area contributed by atoms with Crippen LogP contribution in [0.1, 0.15) is 41.2 Å². The molecule has 2 N–H and O–H groups in total. The van der Waals surface area contributed by atoms with Crippen molar-refractivity contribution in [2.24, 2.45) is 0 Å². The number of piperidine rings is 1. The van der Waals surface area contributed by atoms with Gasteiger partial charge in [0.05, 0.1) is 24.4 Å². The van der Waals surface area contributed by atoms with Gasteiger partial charge in [0.25, 0.3) is 5.91 Å². The number of nitrogens with one attached hydrogen (secondary N) is 2. The van der Waals surface area contributed by atoms with Crippen molar-refractivity contribution < 1.29 is 19.1 Å². The molecule has 2 heterocycles. The molecule has 0 unspecified atom stereocenters. The molecule has 0 bridgehead atoms. The van der Waals surface area contributed by atoms with Crippen molar-refractivity contribution in [3.63, 3.8) is 0 Å². The van der Waals surface area contributed by atoms with E-state index >= 15 is 0 Å². The number of carbonyl (C=O) groups excluding carboxylic acids is 2. The Labute approximate surface area is 226 Å². The number of esters is 1. The Balaban J connectivity index is 1.37. The summed E-state index contributed by atoms with van der Waals surface area (Å²) in [5.41, 5.74) is 2.98. The van der Waals surface area contributed by atoms with Gasteiger partial charge in [-0.15, -0.1) is 11.3 Å². The largest absolute Gasteiger partial charge is 0.497 e. The summed E-state index contributed by atoms with van der Waals surface area (Å²) < 4.78 is 10.3. The number of nitrogens with zero attached hydrogens (tertiary/aromatic N) is 2. The number of rotatable bonds is 8. The molecule has 0 atom stereocenters. The van der Waals surface area contributed by atoms with E-state index in [0.29, 0.717) is 28.9 Å². The average Bonchev–Trinajstić information content (AvgIpc) is 3.43. The van der Waals surface area contributed by atoms with Crippen LogP contribution in [0.2, 0.25) is 0 Å².